The van der Waals surface area contributed by atoms with Crippen molar-refractivity contribution in [2.24, 2.45) is 17.8 Å². The third-order valence-corrected chi connectivity index (χ3v) is 17.0. The number of fused-ring (bicyclic) bond motifs is 4. The number of hydrogen-bond donors (Lipinski definition) is 1. The van der Waals surface area contributed by atoms with Crippen LogP contribution in [0.25, 0.3) is 0 Å². The van der Waals surface area contributed by atoms with E-state index in [1.165, 1.54) is 21.7 Å². The van der Waals surface area contributed by atoms with E-state index < -0.39 is 36.8 Å². The first-order valence-electron chi connectivity index (χ1n) is 20.2. The SMILES string of the molecule is CO[C@@]1(C#CCCN2CCN(S(C)(=O)=O)CC2)CCC[C@H](C)[C@@H](C)S(=O)(=O)NC(=O)c2ccc3c(c2)N(C[C@@H]2CC[C@H]21)C[C@@]1(CCCc2cc(Cl)ccc21)CO3. The maximum atomic E-state index is 13.6. The van der Waals surface area contributed by atoms with Gasteiger partial charge in [-0.2, -0.15) is 4.31 Å². The number of rotatable bonds is 4. The second-order valence-corrected chi connectivity index (χ2v) is 21.4. The number of methoxy groups -OCH3 is 1. The first-order chi connectivity index (χ1) is 26.6. The van der Waals surface area contributed by atoms with Crippen LogP contribution in [0.15, 0.2) is 36.4 Å². The van der Waals surface area contributed by atoms with Gasteiger partial charge in [-0.25, -0.2) is 21.6 Å². The van der Waals surface area contributed by atoms with Crippen molar-refractivity contribution in [2.45, 2.75) is 87.9 Å². The molecule has 6 atom stereocenters. The van der Waals surface area contributed by atoms with E-state index >= 15 is 0 Å². The number of aryl methyl sites for hydroxylation is 1. The molecule has 2 aromatic rings. The van der Waals surface area contributed by atoms with Gasteiger partial charge in [0.15, 0.2) is 0 Å². The number of amides is 1. The van der Waals surface area contributed by atoms with Gasteiger partial charge in [0.1, 0.15) is 11.4 Å². The Labute approximate surface area is 338 Å². The first kappa shape index (κ1) is 41.3. The lowest BCUT2D eigenvalue weighted by molar-refractivity contribution is -0.0743. The van der Waals surface area contributed by atoms with Crippen LogP contribution in [0.4, 0.5) is 5.69 Å². The highest BCUT2D eigenvalue weighted by molar-refractivity contribution is 7.90. The van der Waals surface area contributed by atoms with E-state index in [4.69, 9.17) is 21.1 Å². The number of benzene rings is 2. The minimum absolute atomic E-state index is 0.148. The quantitative estimate of drug-likeness (QED) is 0.400. The number of carbonyl (C=O) groups excluding carboxylic acids is 1. The predicted molar refractivity (Wildman–Crippen MR) is 220 cm³/mol. The molecule has 1 saturated carbocycles. The van der Waals surface area contributed by atoms with Crippen molar-refractivity contribution < 1.29 is 31.1 Å². The van der Waals surface area contributed by atoms with Crippen molar-refractivity contribution in [3.63, 3.8) is 0 Å². The molecule has 0 radical (unpaired) electrons. The Morgan fingerprint density at radius 1 is 1.04 bits per heavy atom. The number of halogens is 1. The summed E-state index contributed by atoms with van der Waals surface area (Å²) in [6.45, 7) is 8.54. The lowest BCUT2D eigenvalue weighted by Crippen LogP contribution is -2.53. The minimum atomic E-state index is -3.98. The maximum Gasteiger partial charge on any atom is 0.264 e. The zero-order valence-corrected chi connectivity index (χ0v) is 35.6. The summed E-state index contributed by atoms with van der Waals surface area (Å²) in [4.78, 5) is 18.3. The molecule has 3 aliphatic heterocycles. The lowest BCUT2D eigenvalue weighted by atomic mass is 9.62. The van der Waals surface area contributed by atoms with E-state index in [1.807, 2.05) is 19.1 Å². The fourth-order valence-corrected chi connectivity index (χ4v) is 12.1. The van der Waals surface area contributed by atoms with Gasteiger partial charge in [0, 0.05) is 81.3 Å². The average Bonchev–Trinajstić information content (AvgIpc) is 3.30. The van der Waals surface area contributed by atoms with E-state index in [-0.39, 0.29) is 28.7 Å². The molecular formula is C42H57ClN4O7S2. The molecule has 3 heterocycles. The van der Waals surface area contributed by atoms with Gasteiger partial charge in [-0.1, -0.05) is 36.4 Å². The van der Waals surface area contributed by atoms with Crippen LogP contribution in [-0.4, -0.2) is 109 Å². The van der Waals surface area contributed by atoms with Gasteiger partial charge in [-0.05, 0) is 112 Å². The van der Waals surface area contributed by atoms with Crippen molar-refractivity contribution >= 4 is 43.2 Å². The second-order valence-electron chi connectivity index (χ2n) is 16.9. The van der Waals surface area contributed by atoms with Crippen LogP contribution < -0.4 is 14.4 Å². The fraction of sp³-hybridized carbons (Fsp3) is 0.643. The summed E-state index contributed by atoms with van der Waals surface area (Å²) in [5, 5.41) is -0.0656. The molecule has 5 aliphatic rings. The van der Waals surface area contributed by atoms with Gasteiger partial charge in [0.25, 0.3) is 5.91 Å². The van der Waals surface area contributed by atoms with Crippen molar-refractivity contribution in [3.05, 3.63) is 58.1 Å². The average molecular weight is 830 g/mol. The molecule has 7 rings (SSSR count). The summed E-state index contributed by atoms with van der Waals surface area (Å²) in [7, 11) is -5.41. The van der Waals surface area contributed by atoms with E-state index in [1.54, 1.807) is 26.2 Å². The summed E-state index contributed by atoms with van der Waals surface area (Å²) < 4.78 is 68.4. The summed E-state index contributed by atoms with van der Waals surface area (Å²) >= 11 is 6.49. The van der Waals surface area contributed by atoms with Gasteiger partial charge in [-0.15, -0.1) is 0 Å². The number of anilines is 1. The fourth-order valence-electron chi connectivity index (χ4n) is 9.80. The zero-order valence-electron chi connectivity index (χ0n) is 33.2. The molecule has 306 valence electrons. The molecule has 0 aromatic heterocycles. The number of nitrogens with zero attached hydrogens (tertiary/aromatic N) is 3. The molecule has 1 saturated heterocycles. The topological polar surface area (TPSA) is 126 Å². The van der Waals surface area contributed by atoms with Crippen LogP contribution in [0.5, 0.6) is 5.75 Å². The van der Waals surface area contributed by atoms with Gasteiger partial charge in [-0.3, -0.25) is 9.69 Å². The minimum Gasteiger partial charge on any atom is -0.490 e. The Morgan fingerprint density at radius 3 is 2.54 bits per heavy atom. The number of carbonyl (C=O) groups is 1. The van der Waals surface area contributed by atoms with Gasteiger partial charge in [0.05, 0.1) is 23.8 Å². The predicted octanol–water partition coefficient (Wildman–Crippen LogP) is 5.46. The monoisotopic (exact) mass is 828 g/mol. The van der Waals surface area contributed by atoms with E-state index in [9.17, 15) is 21.6 Å². The summed E-state index contributed by atoms with van der Waals surface area (Å²) in [6.07, 6.45) is 8.80. The summed E-state index contributed by atoms with van der Waals surface area (Å²) in [5.74, 6) is 7.39. The molecular weight excluding hydrogens is 772 g/mol. The standard InChI is InChI=1S/C42H57ClN4O7S2/c1-30-9-7-19-42(53-3,18-5-6-20-45-21-23-47(24-22-45)55(4,49)50)37-14-11-34(37)27-46-28-41(17-8-10-32-25-35(43)13-15-36(32)41)29-54-39-16-12-33(26-38(39)46)40(48)44-56(51,52)31(30)2/h12-13,15-16,25-26,30-31,34,37H,6-11,14,17,19-24,27-29H2,1-4H3,(H,44,48)/t30-,31+,34-,37+,41-,42-/m0/s1. The zero-order chi connectivity index (χ0) is 39.9. The van der Waals surface area contributed by atoms with Crippen LogP contribution in [0.2, 0.25) is 5.02 Å². The Morgan fingerprint density at radius 2 is 1.82 bits per heavy atom. The number of piperazine rings is 1. The van der Waals surface area contributed by atoms with Crippen molar-refractivity contribution in [1.82, 2.24) is 13.9 Å². The third-order valence-electron chi connectivity index (χ3n) is 13.5. The number of sulfonamides is 2. The van der Waals surface area contributed by atoms with Crippen LogP contribution in [0, 0.1) is 29.6 Å². The van der Waals surface area contributed by atoms with E-state index in [2.05, 4.69) is 38.5 Å². The van der Waals surface area contributed by atoms with Gasteiger partial charge < -0.3 is 14.4 Å². The molecule has 11 nitrogen and oxygen atoms in total. The number of ether oxygens (including phenoxy) is 2. The molecule has 14 heteroatoms. The Balaban J connectivity index is 1.22. The highest BCUT2D eigenvalue weighted by Crippen LogP contribution is 2.49. The number of nitrogens with one attached hydrogen (secondary N) is 1. The second kappa shape index (κ2) is 16.4. The molecule has 1 spiro atoms. The van der Waals surface area contributed by atoms with E-state index in [0.29, 0.717) is 70.9 Å². The normalized spacial score (nSPS) is 31.4. The summed E-state index contributed by atoms with van der Waals surface area (Å²) in [5.41, 5.74) is 2.54. The summed E-state index contributed by atoms with van der Waals surface area (Å²) in [6, 6.07) is 11.5. The molecule has 1 amide bonds. The number of hydrogen-bond acceptors (Lipinski definition) is 9. The highest BCUT2D eigenvalue weighted by atomic mass is 35.5. The van der Waals surface area contributed by atoms with Crippen LogP contribution >= 0.6 is 11.6 Å². The molecule has 2 aromatic carbocycles. The van der Waals surface area contributed by atoms with Crippen LogP contribution in [0.1, 0.15) is 86.7 Å². The Kier molecular flexibility index (Phi) is 12.1. The van der Waals surface area contributed by atoms with Crippen LogP contribution in [-0.2, 0) is 36.6 Å². The first-order valence-corrected chi connectivity index (χ1v) is 24.0. The Bertz CT molecular complexity index is 2080. The molecule has 1 N–H and O–H groups in total. The largest absolute Gasteiger partial charge is 0.490 e. The molecule has 2 fully saturated rings. The Hall–Kier alpha value is -2.86. The smallest absolute Gasteiger partial charge is 0.264 e. The molecule has 56 heavy (non-hydrogen) atoms. The van der Waals surface area contributed by atoms with Gasteiger partial charge in [0.2, 0.25) is 20.0 Å². The van der Waals surface area contributed by atoms with Crippen LogP contribution in [0.3, 0.4) is 0 Å². The van der Waals surface area contributed by atoms with E-state index in [0.717, 1.165) is 55.8 Å². The van der Waals surface area contributed by atoms with Crippen molar-refractivity contribution in [2.75, 3.05) is 70.7 Å². The molecule has 0 unspecified atom stereocenters. The maximum absolute atomic E-state index is 13.6. The third kappa shape index (κ3) is 8.48. The highest BCUT2D eigenvalue weighted by Gasteiger charge is 2.49. The molecule has 2 bridgehead atoms. The molecule has 2 aliphatic carbocycles. The van der Waals surface area contributed by atoms with Gasteiger partial charge >= 0.3 is 0 Å². The lowest BCUT2D eigenvalue weighted by Gasteiger charge is -2.50. The van der Waals surface area contributed by atoms with Crippen molar-refractivity contribution in [1.29, 1.82) is 0 Å². The van der Waals surface area contributed by atoms with Crippen molar-refractivity contribution in [3.8, 4) is 17.6 Å².